The van der Waals surface area contributed by atoms with Crippen LogP contribution in [0.5, 0.6) is 0 Å². The first-order valence-corrected chi connectivity index (χ1v) is 7.44. The fraction of sp³-hybridized carbons (Fsp3) is 0.538. The fourth-order valence-electron chi connectivity index (χ4n) is 1.87. The Morgan fingerprint density at radius 3 is 2.88 bits per heavy atom. The summed E-state index contributed by atoms with van der Waals surface area (Å²) < 4.78 is 0. The van der Waals surface area contributed by atoms with E-state index in [4.69, 9.17) is 11.6 Å². The lowest BCUT2D eigenvalue weighted by molar-refractivity contribution is 0.578. The molecular weight excluding hydrogens is 238 g/mol. The maximum atomic E-state index is 6.03. The van der Waals surface area contributed by atoms with Gasteiger partial charge in [-0.05, 0) is 55.5 Å². The van der Waals surface area contributed by atoms with Crippen molar-refractivity contribution in [3.63, 3.8) is 0 Å². The fourth-order valence-corrected chi connectivity index (χ4v) is 2.52. The van der Waals surface area contributed by atoms with E-state index in [0.717, 1.165) is 11.6 Å². The Bertz CT molecular complexity index is 304. The first-order valence-electron chi connectivity index (χ1n) is 5.67. The predicted molar refractivity (Wildman–Crippen MR) is 75.7 cm³/mol. The van der Waals surface area contributed by atoms with Crippen molar-refractivity contribution in [1.29, 1.82) is 0 Å². The molecule has 1 unspecified atom stereocenters. The van der Waals surface area contributed by atoms with Crippen molar-refractivity contribution in [1.82, 2.24) is 5.32 Å². The van der Waals surface area contributed by atoms with E-state index in [-0.39, 0.29) is 0 Å². The third-order valence-electron chi connectivity index (χ3n) is 2.67. The van der Waals surface area contributed by atoms with Crippen molar-refractivity contribution in [2.45, 2.75) is 18.8 Å². The van der Waals surface area contributed by atoms with Gasteiger partial charge < -0.3 is 5.32 Å². The molecule has 16 heavy (non-hydrogen) atoms. The highest BCUT2D eigenvalue weighted by atomic mass is 35.5. The minimum Gasteiger partial charge on any atom is -0.319 e. The summed E-state index contributed by atoms with van der Waals surface area (Å²) in [5, 5.41) is 4.10. The number of rotatable bonds is 7. The van der Waals surface area contributed by atoms with Gasteiger partial charge >= 0.3 is 0 Å². The average Bonchev–Trinajstić information content (AvgIpc) is 2.28. The Hall–Kier alpha value is -0.180. The summed E-state index contributed by atoms with van der Waals surface area (Å²) in [4.78, 5) is 0. The van der Waals surface area contributed by atoms with Crippen molar-refractivity contribution in [3.05, 3.63) is 34.9 Å². The van der Waals surface area contributed by atoms with Gasteiger partial charge in [0.2, 0.25) is 0 Å². The zero-order chi connectivity index (χ0) is 11.8. The van der Waals surface area contributed by atoms with Gasteiger partial charge in [-0.15, -0.1) is 0 Å². The minimum atomic E-state index is 0.579. The molecule has 0 aliphatic rings. The lowest BCUT2D eigenvalue weighted by atomic mass is 9.94. The number of benzene rings is 1. The lowest BCUT2D eigenvalue weighted by Crippen LogP contribution is -2.17. The Balaban J connectivity index is 2.61. The molecule has 0 radical (unpaired) electrons. The SMILES string of the molecule is CNCC(CCCSC)c1cccc(Cl)c1. The van der Waals surface area contributed by atoms with Gasteiger partial charge in [-0.3, -0.25) is 0 Å². The maximum Gasteiger partial charge on any atom is 0.0408 e. The summed E-state index contributed by atoms with van der Waals surface area (Å²) in [6, 6.07) is 8.23. The number of hydrogen-bond donors (Lipinski definition) is 1. The van der Waals surface area contributed by atoms with Gasteiger partial charge in [0, 0.05) is 11.6 Å². The standard InChI is InChI=1S/C13H20ClNS/c1-15-10-12(6-4-8-16-2)11-5-3-7-13(14)9-11/h3,5,7,9,12,15H,4,6,8,10H2,1-2H3. The first-order chi connectivity index (χ1) is 7.77. The molecule has 0 amide bonds. The van der Waals surface area contributed by atoms with Gasteiger partial charge in [-0.25, -0.2) is 0 Å². The summed E-state index contributed by atoms with van der Waals surface area (Å²) in [5.41, 5.74) is 1.35. The van der Waals surface area contributed by atoms with Crippen LogP contribution in [0.3, 0.4) is 0 Å². The van der Waals surface area contributed by atoms with Gasteiger partial charge in [-0.2, -0.15) is 11.8 Å². The van der Waals surface area contributed by atoms with Crippen LogP contribution in [0, 0.1) is 0 Å². The molecule has 90 valence electrons. The Morgan fingerprint density at radius 1 is 1.44 bits per heavy atom. The van der Waals surface area contributed by atoms with Crippen LogP contribution in [0.15, 0.2) is 24.3 Å². The second kappa shape index (κ2) is 7.99. The first kappa shape index (κ1) is 13.9. The molecule has 0 fully saturated rings. The highest BCUT2D eigenvalue weighted by Gasteiger charge is 2.10. The van der Waals surface area contributed by atoms with Gasteiger partial charge in [-0.1, -0.05) is 23.7 Å². The van der Waals surface area contributed by atoms with E-state index in [9.17, 15) is 0 Å². The largest absolute Gasteiger partial charge is 0.319 e. The predicted octanol–water partition coefficient (Wildman–Crippen LogP) is 3.79. The van der Waals surface area contributed by atoms with E-state index in [1.165, 1.54) is 24.2 Å². The zero-order valence-corrected chi connectivity index (χ0v) is 11.6. The van der Waals surface area contributed by atoms with Crippen molar-refractivity contribution in [3.8, 4) is 0 Å². The van der Waals surface area contributed by atoms with Crippen LogP contribution in [-0.2, 0) is 0 Å². The minimum absolute atomic E-state index is 0.579. The average molecular weight is 258 g/mol. The molecule has 1 rings (SSSR count). The van der Waals surface area contributed by atoms with E-state index >= 15 is 0 Å². The van der Waals surface area contributed by atoms with Gasteiger partial charge in [0.1, 0.15) is 0 Å². The van der Waals surface area contributed by atoms with Gasteiger partial charge in [0.15, 0.2) is 0 Å². The van der Waals surface area contributed by atoms with E-state index < -0.39 is 0 Å². The molecule has 0 saturated heterocycles. The summed E-state index contributed by atoms with van der Waals surface area (Å²) in [5.74, 6) is 1.82. The molecule has 1 nitrogen and oxygen atoms in total. The monoisotopic (exact) mass is 257 g/mol. The van der Waals surface area contributed by atoms with Crippen molar-refractivity contribution >= 4 is 23.4 Å². The number of halogens is 1. The van der Waals surface area contributed by atoms with E-state index in [1.807, 2.05) is 30.9 Å². The smallest absolute Gasteiger partial charge is 0.0408 e. The molecule has 1 atom stereocenters. The van der Waals surface area contributed by atoms with E-state index in [1.54, 1.807) is 0 Å². The molecule has 0 aromatic heterocycles. The van der Waals surface area contributed by atoms with Crippen LogP contribution in [0.4, 0.5) is 0 Å². The molecule has 1 N–H and O–H groups in total. The lowest BCUT2D eigenvalue weighted by Gasteiger charge is -2.17. The Labute approximate surface area is 108 Å². The Morgan fingerprint density at radius 2 is 2.25 bits per heavy atom. The van der Waals surface area contributed by atoms with Crippen LogP contribution in [0.2, 0.25) is 5.02 Å². The molecule has 1 aromatic carbocycles. The third-order valence-corrected chi connectivity index (χ3v) is 3.60. The van der Waals surface area contributed by atoms with E-state index in [0.29, 0.717) is 5.92 Å². The number of nitrogens with one attached hydrogen (secondary N) is 1. The summed E-state index contributed by atoms with van der Waals surface area (Å²) >= 11 is 7.94. The van der Waals surface area contributed by atoms with Crippen LogP contribution in [0.25, 0.3) is 0 Å². The molecule has 0 aliphatic heterocycles. The molecule has 0 heterocycles. The second-order valence-electron chi connectivity index (χ2n) is 3.94. The quantitative estimate of drug-likeness (QED) is 0.746. The normalized spacial score (nSPS) is 12.7. The van der Waals surface area contributed by atoms with Crippen LogP contribution in [0.1, 0.15) is 24.3 Å². The number of thioether (sulfide) groups is 1. The highest BCUT2D eigenvalue weighted by Crippen LogP contribution is 2.24. The topological polar surface area (TPSA) is 12.0 Å². The van der Waals surface area contributed by atoms with Crippen molar-refractivity contribution in [2.75, 3.05) is 25.6 Å². The summed E-state index contributed by atoms with van der Waals surface area (Å²) in [6.07, 6.45) is 4.65. The summed E-state index contributed by atoms with van der Waals surface area (Å²) in [6.45, 7) is 1.02. The molecular formula is C13H20ClNS. The molecule has 0 aliphatic carbocycles. The van der Waals surface area contributed by atoms with Gasteiger partial charge in [0.25, 0.3) is 0 Å². The van der Waals surface area contributed by atoms with Crippen molar-refractivity contribution in [2.24, 2.45) is 0 Å². The molecule has 0 bridgehead atoms. The molecule has 0 saturated carbocycles. The van der Waals surface area contributed by atoms with Gasteiger partial charge in [0.05, 0.1) is 0 Å². The number of likely N-dealkylation sites (N-methyl/N-ethyl adjacent to an activating group) is 1. The third kappa shape index (κ3) is 4.77. The zero-order valence-electron chi connectivity index (χ0n) is 10.0. The maximum absolute atomic E-state index is 6.03. The van der Waals surface area contributed by atoms with Crippen LogP contribution < -0.4 is 5.32 Å². The van der Waals surface area contributed by atoms with Crippen LogP contribution >= 0.6 is 23.4 Å². The van der Waals surface area contributed by atoms with E-state index in [2.05, 4.69) is 23.7 Å². The van der Waals surface area contributed by atoms with Crippen molar-refractivity contribution < 1.29 is 0 Å². The molecule has 1 aromatic rings. The molecule has 3 heteroatoms. The second-order valence-corrected chi connectivity index (χ2v) is 5.37. The molecule has 0 spiro atoms. The highest BCUT2D eigenvalue weighted by molar-refractivity contribution is 7.98. The van der Waals surface area contributed by atoms with Crippen LogP contribution in [-0.4, -0.2) is 25.6 Å². The summed E-state index contributed by atoms with van der Waals surface area (Å²) in [7, 11) is 2.01. The Kier molecular flexibility index (Phi) is 6.93. The number of hydrogen-bond acceptors (Lipinski definition) is 2.